The molecule has 80 valence electrons. The molecule has 2 aromatic heterocycles. The van der Waals surface area contributed by atoms with Gasteiger partial charge in [0.05, 0.1) is 22.5 Å². The average molecular weight is 289 g/mol. The van der Waals surface area contributed by atoms with Crippen LogP contribution in [0.4, 0.5) is 0 Å². The second-order valence-corrected chi connectivity index (χ2v) is 4.87. The smallest absolute Gasteiger partial charge is 0.233 e. The largest absolute Gasteiger partial charge is 0.389 e. The minimum Gasteiger partial charge on any atom is -0.389 e. The van der Waals surface area contributed by atoms with E-state index in [4.69, 9.17) is 5.11 Å². The quantitative estimate of drug-likeness (QED) is 0.912. The van der Waals surface area contributed by atoms with Gasteiger partial charge in [0.2, 0.25) is 5.13 Å². The molecule has 2 rings (SSSR count). The number of halogens is 1. The van der Waals surface area contributed by atoms with Crippen molar-refractivity contribution < 1.29 is 5.11 Å². The van der Waals surface area contributed by atoms with Crippen LogP contribution in [0.2, 0.25) is 0 Å². The van der Waals surface area contributed by atoms with Gasteiger partial charge in [-0.25, -0.2) is 4.68 Å². The zero-order valence-corrected chi connectivity index (χ0v) is 10.6. The van der Waals surface area contributed by atoms with E-state index in [0.29, 0.717) is 10.1 Å². The summed E-state index contributed by atoms with van der Waals surface area (Å²) in [5.74, 6) is 0. The number of rotatable bonds is 2. The Morgan fingerprint density at radius 1 is 1.40 bits per heavy atom. The van der Waals surface area contributed by atoms with Gasteiger partial charge in [-0.15, -0.1) is 10.2 Å². The van der Waals surface area contributed by atoms with Crippen molar-refractivity contribution in [2.45, 2.75) is 20.5 Å². The molecule has 0 amide bonds. The monoisotopic (exact) mass is 288 g/mol. The second-order valence-electron chi connectivity index (χ2n) is 3.03. The molecule has 0 unspecified atom stereocenters. The third-order valence-corrected chi connectivity index (χ3v) is 4.01. The van der Waals surface area contributed by atoms with E-state index >= 15 is 0 Å². The van der Waals surface area contributed by atoms with Crippen molar-refractivity contribution >= 4 is 27.3 Å². The van der Waals surface area contributed by atoms with Crippen molar-refractivity contribution in [2.75, 3.05) is 0 Å². The molecule has 0 saturated carbocycles. The molecule has 7 heteroatoms. The highest BCUT2D eigenvalue weighted by Gasteiger charge is 2.13. The first-order valence-corrected chi connectivity index (χ1v) is 5.89. The maximum atomic E-state index is 8.90. The van der Waals surface area contributed by atoms with E-state index in [9.17, 15) is 0 Å². The average Bonchev–Trinajstić information content (AvgIpc) is 2.79. The SMILES string of the molecule is Cc1nn(-c2nnc(CO)s2)c(C)c1Br. The summed E-state index contributed by atoms with van der Waals surface area (Å²) < 4.78 is 2.69. The summed E-state index contributed by atoms with van der Waals surface area (Å²) >= 11 is 4.77. The summed E-state index contributed by atoms with van der Waals surface area (Å²) in [6, 6.07) is 0. The lowest BCUT2D eigenvalue weighted by atomic mass is 10.4. The molecule has 0 aliphatic heterocycles. The van der Waals surface area contributed by atoms with Crippen molar-refractivity contribution in [1.29, 1.82) is 0 Å². The number of nitrogens with zero attached hydrogens (tertiary/aromatic N) is 4. The van der Waals surface area contributed by atoms with Crippen molar-refractivity contribution in [3.63, 3.8) is 0 Å². The van der Waals surface area contributed by atoms with Crippen LogP contribution in [0.5, 0.6) is 0 Å². The van der Waals surface area contributed by atoms with Crippen LogP contribution in [0.1, 0.15) is 16.4 Å². The third-order valence-electron chi connectivity index (χ3n) is 1.98. The normalized spacial score (nSPS) is 10.9. The fraction of sp³-hybridized carbons (Fsp3) is 0.375. The molecule has 2 aromatic rings. The summed E-state index contributed by atoms with van der Waals surface area (Å²) in [6.45, 7) is 3.78. The lowest BCUT2D eigenvalue weighted by Crippen LogP contribution is -1.98. The molecule has 0 aliphatic rings. The predicted molar refractivity (Wildman–Crippen MR) is 60.1 cm³/mol. The summed E-state index contributed by atoms with van der Waals surface area (Å²) in [5.41, 5.74) is 1.89. The van der Waals surface area contributed by atoms with Crippen molar-refractivity contribution in [2.24, 2.45) is 0 Å². The number of aryl methyl sites for hydroxylation is 1. The molecule has 0 spiro atoms. The molecule has 1 N–H and O–H groups in total. The molecule has 15 heavy (non-hydrogen) atoms. The summed E-state index contributed by atoms with van der Waals surface area (Å²) in [5, 5.41) is 22.3. The minimum absolute atomic E-state index is 0.0852. The van der Waals surface area contributed by atoms with Gasteiger partial charge in [0.15, 0.2) is 0 Å². The van der Waals surface area contributed by atoms with Crippen molar-refractivity contribution in [3.8, 4) is 5.13 Å². The number of hydrogen-bond acceptors (Lipinski definition) is 5. The van der Waals surface area contributed by atoms with Crippen molar-refractivity contribution in [1.82, 2.24) is 20.0 Å². The van der Waals surface area contributed by atoms with E-state index in [1.807, 2.05) is 13.8 Å². The zero-order chi connectivity index (χ0) is 11.0. The Bertz CT molecular complexity index is 493. The molecule has 5 nitrogen and oxygen atoms in total. The van der Waals surface area contributed by atoms with Crippen LogP contribution in [0.25, 0.3) is 5.13 Å². The maximum Gasteiger partial charge on any atom is 0.233 e. The van der Waals surface area contributed by atoms with Gasteiger partial charge >= 0.3 is 0 Å². The molecular weight excluding hydrogens is 280 g/mol. The highest BCUT2D eigenvalue weighted by Crippen LogP contribution is 2.24. The Labute approximate surface area is 98.9 Å². The minimum atomic E-state index is -0.0852. The zero-order valence-electron chi connectivity index (χ0n) is 8.23. The molecule has 0 aliphatic carbocycles. The highest BCUT2D eigenvalue weighted by molar-refractivity contribution is 9.10. The molecule has 2 heterocycles. The molecule has 0 bridgehead atoms. The van der Waals surface area contributed by atoms with Crippen LogP contribution in [-0.4, -0.2) is 25.1 Å². The van der Waals surface area contributed by atoms with Crippen LogP contribution in [0.15, 0.2) is 4.47 Å². The van der Waals surface area contributed by atoms with Crippen LogP contribution >= 0.6 is 27.3 Å². The lowest BCUT2D eigenvalue weighted by Gasteiger charge is -1.96. The number of aliphatic hydroxyl groups excluding tert-OH is 1. The second kappa shape index (κ2) is 3.99. The Balaban J connectivity index is 2.49. The van der Waals surface area contributed by atoms with Gasteiger partial charge in [0.1, 0.15) is 5.01 Å². The number of hydrogen-bond donors (Lipinski definition) is 1. The molecule has 0 atom stereocenters. The standard InChI is InChI=1S/C8H9BrN4OS/c1-4-7(9)5(2)13(12-4)8-11-10-6(3-14)15-8/h14H,3H2,1-2H3. The highest BCUT2D eigenvalue weighted by atomic mass is 79.9. The first kappa shape index (κ1) is 10.7. The van der Waals surface area contributed by atoms with E-state index in [2.05, 4.69) is 31.2 Å². The van der Waals surface area contributed by atoms with Crippen LogP contribution in [0.3, 0.4) is 0 Å². The summed E-state index contributed by atoms with van der Waals surface area (Å²) in [7, 11) is 0. The van der Waals surface area contributed by atoms with Crippen LogP contribution < -0.4 is 0 Å². The van der Waals surface area contributed by atoms with Gasteiger partial charge in [0.25, 0.3) is 0 Å². The lowest BCUT2D eigenvalue weighted by molar-refractivity contribution is 0.280. The first-order chi connectivity index (χ1) is 7.13. The van der Waals surface area contributed by atoms with E-state index in [-0.39, 0.29) is 6.61 Å². The van der Waals surface area contributed by atoms with Gasteiger partial charge in [-0.1, -0.05) is 11.3 Å². The maximum absolute atomic E-state index is 8.90. The van der Waals surface area contributed by atoms with E-state index in [1.54, 1.807) is 4.68 Å². The Morgan fingerprint density at radius 2 is 2.13 bits per heavy atom. The van der Waals surface area contributed by atoms with Gasteiger partial charge in [-0.2, -0.15) is 5.10 Å². The van der Waals surface area contributed by atoms with E-state index < -0.39 is 0 Å². The van der Waals surface area contributed by atoms with Gasteiger partial charge in [-0.3, -0.25) is 0 Å². The number of aromatic nitrogens is 4. The van der Waals surface area contributed by atoms with Crippen LogP contribution in [0, 0.1) is 13.8 Å². The summed E-state index contributed by atoms with van der Waals surface area (Å²) in [4.78, 5) is 0. The first-order valence-electron chi connectivity index (χ1n) is 4.29. The molecule has 0 fully saturated rings. The Morgan fingerprint density at radius 3 is 2.60 bits per heavy atom. The van der Waals surface area contributed by atoms with Crippen molar-refractivity contribution in [3.05, 3.63) is 20.9 Å². The van der Waals surface area contributed by atoms with Gasteiger partial charge in [0, 0.05) is 0 Å². The fourth-order valence-corrected chi connectivity index (χ4v) is 2.15. The number of aliphatic hydroxyl groups is 1. The third kappa shape index (κ3) is 1.82. The fourth-order valence-electron chi connectivity index (χ4n) is 1.20. The summed E-state index contributed by atoms with van der Waals surface area (Å²) in [6.07, 6.45) is 0. The molecule has 0 aromatic carbocycles. The Kier molecular flexibility index (Phi) is 2.85. The Hall–Kier alpha value is -0.790. The van der Waals surface area contributed by atoms with Gasteiger partial charge < -0.3 is 5.11 Å². The topological polar surface area (TPSA) is 63.8 Å². The van der Waals surface area contributed by atoms with Crippen LogP contribution in [-0.2, 0) is 6.61 Å². The molecule has 0 saturated heterocycles. The molecule has 0 radical (unpaired) electrons. The molecular formula is C8H9BrN4OS. The van der Waals surface area contributed by atoms with Gasteiger partial charge in [-0.05, 0) is 29.8 Å². The van der Waals surface area contributed by atoms with E-state index in [1.165, 1.54) is 11.3 Å². The van der Waals surface area contributed by atoms with E-state index in [0.717, 1.165) is 15.9 Å². The predicted octanol–water partition coefficient (Wildman–Crippen LogP) is 1.60.